The highest BCUT2D eigenvalue weighted by molar-refractivity contribution is 6.30. The van der Waals surface area contributed by atoms with Gasteiger partial charge in [0.25, 0.3) is 0 Å². The highest BCUT2D eigenvalue weighted by Crippen LogP contribution is 2.31. The average Bonchev–Trinajstić information content (AvgIpc) is 2.56. The Morgan fingerprint density at radius 3 is 3.09 bits per heavy atom. The number of hydrogen-bond acceptors (Lipinski definition) is 4. The third-order valence-corrected chi connectivity index (χ3v) is 4.20. The van der Waals surface area contributed by atoms with Crippen molar-refractivity contribution in [3.63, 3.8) is 0 Å². The van der Waals surface area contributed by atoms with Crippen LogP contribution in [0.15, 0.2) is 24.3 Å². The fourth-order valence-corrected chi connectivity index (χ4v) is 3.03. The van der Waals surface area contributed by atoms with E-state index in [1.54, 1.807) is 7.11 Å². The van der Waals surface area contributed by atoms with Gasteiger partial charge >= 0.3 is 0 Å². The summed E-state index contributed by atoms with van der Waals surface area (Å²) in [6, 6.07) is 7.69. The lowest BCUT2D eigenvalue weighted by Gasteiger charge is -2.31. The van der Waals surface area contributed by atoms with Crippen LogP contribution in [0.25, 0.3) is 0 Å². The maximum absolute atomic E-state index is 11.9. The van der Waals surface area contributed by atoms with Gasteiger partial charge in [0.2, 0.25) is 5.91 Å². The van der Waals surface area contributed by atoms with Gasteiger partial charge in [-0.3, -0.25) is 4.79 Å². The molecule has 1 aromatic rings. The predicted octanol–water partition coefficient (Wildman–Crippen LogP) is 2.16. The fourth-order valence-electron chi connectivity index (χ4n) is 2.83. The Labute approximate surface area is 142 Å². The third kappa shape index (κ3) is 6.11. The van der Waals surface area contributed by atoms with Gasteiger partial charge in [0.15, 0.2) is 0 Å². The Morgan fingerprint density at radius 2 is 2.39 bits per heavy atom. The first-order chi connectivity index (χ1) is 11.2. The molecule has 5 nitrogen and oxygen atoms in total. The summed E-state index contributed by atoms with van der Waals surface area (Å²) in [4.78, 5) is 11.9. The van der Waals surface area contributed by atoms with E-state index < -0.39 is 0 Å². The minimum atomic E-state index is -0.130. The van der Waals surface area contributed by atoms with Gasteiger partial charge < -0.3 is 20.1 Å². The molecule has 0 spiro atoms. The second-order valence-corrected chi connectivity index (χ2v) is 6.17. The van der Waals surface area contributed by atoms with Crippen LogP contribution in [0.3, 0.4) is 0 Å². The van der Waals surface area contributed by atoms with E-state index in [-0.39, 0.29) is 18.6 Å². The zero-order valence-corrected chi connectivity index (χ0v) is 14.3. The Bertz CT molecular complexity index is 492. The van der Waals surface area contributed by atoms with E-state index in [0.717, 1.165) is 31.5 Å². The second-order valence-electron chi connectivity index (χ2n) is 5.74. The summed E-state index contributed by atoms with van der Waals surface area (Å²) in [5.74, 6) is 0.215. The van der Waals surface area contributed by atoms with Crippen LogP contribution in [0.5, 0.6) is 0 Å². The van der Waals surface area contributed by atoms with Crippen molar-refractivity contribution in [3.8, 4) is 0 Å². The second kappa shape index (κ2) is 9.88. The van der Waals surface area contributed by atoms with Gasteiger partial charge in [-0.05, 0) is 37.1 Å². The molecular weight excluding hydrogens is 316 g/mol. The number of carbonyl (C=O) groups excluding carboxylic acids is 1. The summed E-state index contributed by atoms with van der Waals surface area (Å²) in [6.07, 6.45) is 2.07. The molecule has 1 saturated heterocycles. The van der Waals surface area contributed by atoms with E-state index in [9.17, 15) is 4.79 Å². The number of benzene rings is 1. The lowest BCUT2D eigenvalue weighted by atomic mass is 9.89. The van der Waals surface area contributed by atoms with E-state index in [4.69, 9.17) is 21.1 Å². The van der Waals surface area contributed by atoms with Crippen LogP contribution in [0.1, 0.15) is 24.5 Å². The lowest BCUT2D eigenvalue weighted by Crippen LogP contribution is -2.36. The molecule has 23 heavy (non-hydrogen) atoms. The van der Waals surface area contributed by atoms with E-state index >= 15 is 0 Å². The minimum absolute atomic E-state index is 0.0391. The first-order valence-electron chi connectivity index (χ1n) is 8.04. The van der Waals surface area contributed by atoms with Gasteiger partial charge in [0.05, 0.1) is 12.7 Å². The van der Waals surface area contributed by atoms with Crippen LogP contribution >= 0.6 is 11.6 Å². The lowest BCUT2D eigenvalue weighted by molar-refractivity contribution is -0.129. The van der Waals surface area contributed by atoms with Crippen LogP contribution in [-0.4, -0.2) is 45.9 Å². The SMILES string of the molecule is COCCNC(=O)COC(c1cccc(Cl)c1)[C@@H]1CCCNC1. The van der Waals surface area contributed by atoms with Crippen molar-refractivity contribution in [2.45, 2.75) is 18.9 Å². The normalized spacial score (nSPS) is 19.3. The van der Waals surface area contributed by atoms with Crippen molar-refractivity contribution >= 4 is 17.5 Å². The number of methoxy groups -OCH3 is 1. The van der Waals surface area contributed by atoms with E-state index in [2.05, 4.69) is 10.6 Å². The van der Waals surface area contributed by atoms with Gasteiger partial charge in [-0.15, -0.1) is 0 Å². The van der Waals surface area contributed by atoms with Crippen molar-refractivity contribution in [2.75, 3.05) is 40.0 Å². The molecule has 0 aliphatic carbocycles. The van der Waals surface area contributed by atoms with E-state index in [1.807, 2.05) is 24.3 Å². The molecule has 0 aromatic heterocycles. The molecular formula is C17H25ClN2O3. The van der Waals surface area contributed by atoms with Crippen LogP contribution in [0.4, 0.5) is 0 Å². The summed E-state index contributed by atoms with van der Waals surface area (Å²) >= 11 is 6.11. The molecule has 1 aromatic carbocycles. The molecule has 1 amide bonds. The average molecular weight is 341 g/mol. The van der Waals surface area contributed by atoms with Crippen LogP contribution in [-0.2, 0) is 14.3 Å². The summed E-state index contributed by atoms with van der Waals surface area (Å²) in [5, 5.41) is 6.86. The largest absolute Gasteiger partial charge is 0.383 e. The highest BCUT2D eigenvalue weighted by Gasteiger charge is 2.26. The van der Waals surface area contributed by atoms with Crippen LogP contribution in [0, 0.1) is 5.92 Å². The van der Waals surface area contributed by atoms with Crippen LogP contribution in [0.2, 0.25) is 5.02 Å². The summed E-state index contributed by atoms with van der Waals surface area (Å²) in [7, 11) is 1.61. The number of carbonyl (C=O) groups is 1. The number of piperidine rings is 1. The zero-order chi connectivity index (χ0) is 16.5. The van der Waals surface area contributed by atoms with Gasteiger partial charge in [0.1, 0.15) is 6.61 Å². The van der Waals surface area contributed by atoms with Gasteiger partial charge in [0, 0.05) is 31.1 Å². The van der Waals surface area contributed by atoms with Crippen molar-refractivity contribution in [2.24, 2.45) is 5.92 Å². The topological polar surface area (TPSA) is 59.6 Å². The molecule has 0 radical (unpaired) electrons. The van der Waals surface area contributed by atoms with Crippen molar-refractivity contribution in [3.05, 3.63) is 34.9 Å². The number of nitrogens with one attached hydrogen (secondary N) is 2. The molecule has 2 N–H and O–H groups in total. The summed E-state index contributed by atoms with van der Waals surface area (Å²) in [5.41, 5.74) is 1.02. The Kier molecular flexibility index (Phi) is 7.82. The number of ether oxygens (including phenoxy) is 2. The maximum Gasteiger partial charge on any atom is 0.246 e. The van der Waals surface area contributed by atoms with Crippen molar-refractivity contribution in [1.29, 1.82) is 0 Å². The number of amides is 1. The molecule has 1 heterocycles. The minimum Gasteiger partial charge on any atom is -0.383 e. The smallest absolute Gasteiger partial charge is 0.246 e. The quantitative estimate of drug-likeness (QED) is 0.712. The van der Waals surface area contributed by atoms with Gasteiger partial charge in [-0.25, -0.2) is 0 Å². The number of hydrogen-bond donors (Lipinski definition) is 2. The van der Waals surface area contributed by atoms with Gasteiger partial charge in [-0.2, -0.15) is 0 Å². The predicted molar refractivity (Wildman–Crippen MR) is 90.6 cm³/mol. The van der Waals surface area contributed by atoms with E-state index in [1.165, 1.54) is 0 Å². The Hall–Kier alpha value is -1.14. The standard InChI is InChI=1S/C17H25ClN2O3/c1-22-9-8-20-16(21)12-23-17(14-5-3-7-19-11-14)13-4-2-6-15(18)10-13/h2,4,6,10,14,17,19H,3,5,7-9,11-12H2,1H3,(H,20,21)/t14-,17?/m1/s1. The van der Waals surface area contributed by atoms with Crippen LogP contribution < -0.4 is 10.6 Å². The number of halogens is 1. The number of rotatable bonds is 8. The monoisotopic (exact) mass is 340 g/mol. The summed E-state index contributed by atoms with van der Waals surface area (Å²) in [6.45, 7) is 2.96. The summed E-state index contributed by atoms with van der Waals surface area (Å²) < 4.78 is 10.9. The van der Waals surface area contributed by atoms with Gasteiger partial charge in [-0.1, -0.05) is 23.7 Å². The molecule has 0 bridgehead atoms. The van der Waals surface area contributed by atoms with E-state index in [0.29, 0.717) is 24.1 Å². The molecule has 2 atom stereocenters. The molecule has 1 aliphatic rings. The fraction of sp³-hybridized carbons (Fsp3) is 0.588. The molecule has 2 rings (SSSR count). The molecule has 0 saturated carbocycles. The highest BCUT2D eigenvalue weighted by atomic mass is 35.5. The first-order valence-corrected chi connectivity index (χ1v) is 8.42. The van der Waals surface area contributed by atoms with Crippen molar-refractivity contribution in [1.82, 2.24) is 10.6 Å². The third-order valence-electron chi connectivity index (χ3n) is 3.96. The zero-order valence-electron chi connectivity index (χ0n) is 13.5. The molecule has 1 unspecified atom stereocenters. The Balaban J connectivity index is 1.97. The van der Waals surface area contributed by atoms with Crippen molar-refractivity contribution < 1.29 is 14.3 Å². The molecule has 6 heteroatoms. The first kappa shape index (κ1) is 18.2. The molecule has 1 aliphatic heterocycles. The molecule has 1 fully saturated rings. The Morgan fingerprint density at radius 1 is 1.52 bits per heavy atom. The maximum atomic E-state index is 11.9. The molecule has 128 valence electrons.